The number of hydrogen-bond donors (Lipinski definition) is 0. The van der Waals surface area contributed by atoms with Gasteiger partial charge in [0, 0.05) is 0 Å². The number of nitrogens with zero attached hydrogens (tertiary/aromatic N) is 2. The molecule has 0 aliphatic carbocycles. The van der Waals surface area contributed by atoms with Gasteiger partial charge < -0.3 is 4.90 Å². The predicted octanol–water partition coefficient (Wildman–Crippen LogP) is 0.738. The standard InChI is InChI=1S/C4H3ClFN2/c5-4-1-8(2-6)3-7-4/h4H,2H2. The summed E-state index contributed by atoms with van der Waals surface area (Å²) in [5.41, 5.74) is -0.550. The van der Waals surface area contributed by atoms with Gasteiger partial charge >= 0.3 is 0 Å². The SMILES string of the molecule is FCN1[C]C(Cl)N=[C]1. The topological polar surface area (TPSA) is 15.6 Å². The van der Waals surface area contributed by atoms with E-state index in [1.165, 1.54) is 0 Å². The normalized spacial score (nSPS) is 27.2. The Balaban J connectivity index is 2.34. The van der Waals surface area contributed by atoms with E-state index >= 15 is 0 Å². The fourth-order valence-electron chi connectivity index (χ4n) is 0.368. The zero-order valence-electron chi connectivity index (χ0n) is 3.93. The Kier molecular flexibility index (Phi) is 1.68. The highest BCUT2D eigenvalue weighted by Gasteiger charge is 2.15. The molecular weight excluding hydrogens is 131 g/mol. The molecule has 8 heavy (non-hydrogen) atoms. The van der Waals surface area contributed by atoms with Gasteiger partial charge in [-0.1, -0.05) is 11.6 Å². The Hall–Kier alpha value is -0.310. The summed E-state index contributed by atoms with van der Waals surface area (Å²) in [6, 6.07) is 0. The molecule has 0 aromatic heterocycles. The van der Waals surface area contributed by atoms with Crippen molar-refractivity contribution in [3.05, 3.63) is 6.54 Å². The van der Waals surface area contributed by atoms with Gasteiger partial charge in [0.05, 0.1) is 0 Å². The van der Waals surface area contributed by atoms with Crippen molar-refractivity contribution in [3.63, 3.8) is 0 Å². The number of aliphatic imine (C=N–C) groups is 1. The average molecular weight is 134 g/mol. The number of halogens is 2. The third kappa shape index (κ3) is 1.10. The minimum Gasteiger partial charge on any atom is -0.312 e. The summed E-state index contributed by atoms with van der Waals surface area (Å²) >= 11 is 5.34. The largest absolute Gasteiger partial charge is 0.312 e. The maximum Gasteiger partial charge on any atom is 0.171 e. The van der Waals surface area contributed by atoms with Crippen LogP contribution in [0, 0.1) is 6.54 Å². The van der Waals surface area contributed by atoms with E-state index in [2.05, 4.69) is 17.9 Å². The van der Waals surface area contributed by atoms with Crippen molar-refractivity contribution in [2.75, 3.05) is 6.80 Å². The Morgan fingerprint density at radius 2 is 2.62 bits per heavy atom. The first-order valence-electron chi connectivity index (χ1n) is 2.02. The summed E-state index contributed by atoms with van der Waals surface area (Å²) in [6.45, 7) is 1.79. The quantitative estimate of drug-likeness (QED) is 0.381. The molecule has 1 unspecified atom stereocenters. The van der Waals surface area contributed by atoms with Crippen LogP contribution in [0.3, 0.4) is 0 Å². The minimum absolute atomic E-state index is 0.550. The van der Waals surface area contributed by atoms with Gasteiger partial charge in [0.15, 0.2) is 18.6 Å². The molecule has 0 fully saturated rings. The van der Waals surface area contributed by atoms with Crippen LogP contribution in [0.15, 0.2) is 4.99 Å². The molecule has 0 bridgehead atoms. The monoisotopic (exact) mass is 133 g/mol. The highest BCUT2D eigenvalue weighted by Crippen LogP contribution is 2.10. The Bertz CT molecular complexity index is 106. The first-order chi connectivity index (χ1) is 3.83. The van der Waals surface area contributed by atoms with Crippen molar-refractivity contribution in [1.82, 2.24) is 4.90 Å². The molecule has 1 heterocycles. The van der Waals surface area contributed by atoms with E-state index in [1.54, 1.807) is 0 Å². The summed E-state index contributed by atoms with van der Waals surface area (Å²) in [6.07, 6.45) is 2.30. The van der Waals surface area contributed by atoms with Crippen LogP contribution in [0.2, 0.25) is 0 Å². The van der Waals surface area contributed by atoms with Gasteiger partial charge in [-0.15, -0.1) is 0 Å². The molecule has 0 saturated carbocycles. The molecule has 1 aliphatic heterocycles. The van der Waals surface area contributed by atoms with Crippen LogP contribution in [-0.2, 0) is 0 Å². The van der Waals surface area contributed by atoms with E-state index in [4.69, 9.17) is 11.6 Å². The first kappa shape index (κ1) is 5.82. The predicted molar refractivity (Wildman–Crippen MR) is 28.1 cm³/mol. The van der Waals surface area contributed by atoms with Crippen LogP contribution >= 0.6 is 11.6 Å². The third-order valence-corrected chi connectivity index (χ3v) is 0.869. The molecular formula is C4H3ClFN2. The molecule has 1 atom stereocenters. The zero-order chi connectivity index (χ0) is 5.98. The van der Waals surface area contributed by atoms with Gasteiger partial charge in [-0.05, 0) is 0 Å². The smallest absolute Gasteiger partial charge is 0.171 e. The van der Waals surface area contributed by atoms with Crippen molar-refractivity contribution >= 4 is 17.9 Å². The van der Waals surface area contributed by atoms with Crippen LogP contribution in [0.5, 0.6) is 0 Å². The summed E-state index contributed by atoms with van der Waals surface area (Å²) < 4.78 is 11.6. The van der Waals surface area contributed by atoms with Gasteiger partial charge in [0.2, 0.25) is 0 Å². The summed E-state index contributed by atoms with van der Waals surface area (Å²) in [5.74, 6) is 0. The minimum atomic E-state index is -0.660. The zero-order valence-corrected chi connectivity index (χ0v) is 4.69. The lowest BCUT2D eigenvalue weighted by atomic mass is 10.6. The van der Waals surface area contributed by atoms with Crippen molar-refractivity contribution in [2.45, 2.75) is 5.50 Å². The van der Waals surface area contributed by atoms with Crippen molar-refractivity contribution < 1.29 is 4.39 Å². The van der Waals surface area contributed by atoms with E-state index in [0.717, 1.165) is 4.90 Å². The average Bonchev–Trinajstić information content (AvgIpc) is 2.14. The van der Waals surface area contributed by atoms with E-state index in [1.807, 2.05) is 0 Å². The van der Waals surface area contributed by atoms with Gasteiger partial charge in [0.25, 0.3) is 0 Å². The molecule has 0 saturated heterocycles. The fraction of sp³-hybridized carbons (Fsp3) is 0.500. The second-order valence-corrected chi connectivity index (χ2v) is 1.65. The molecule has 0 aromatic carbocycles. The number of hydrogen-bond acceptors (Lipinski definition) is 2. The summed E-state index contributed by atoms with van der Waals surface area (Å²) in [5, 5.41) is 0. The van der Waals surface area contributed by atoms with Crippen molar-refractivity contribution in [2.24, 2.45) is 4.99 Å². The van der Waals surface area contributed by atoms with E-state index < -0.39 is 12.3 Å². The molecule has 0 spiro atoms. The van der Waals surface area contributed by atoms with E-state index in [-0.39, 0.29) is 0 Å². The van der Waals surface area contributed by atoms with Crippen LogP contribution in [-0.4, -0.2) is 23.5 Å². The second-order valence-electron chi connectivity index (χ2n) is 1.24. The molecule has 2 nitrogen and oxygen atoms in total. The molecule has 4 heteroatoms. The Morgan fingerprint density at radius 1 is 1.88 bits per heavy atom. The van der Waals surface area contributed by atoms with Gasteiger partial charge in [0.1, 0.15) is 6.54 Å². The van der Waals surface area contributed by atoms with E-state index in [9.17, 15) is 4.39 Å². The molecule has 1 rings (SSSR count). The lowest BCUT2D eigenvalue weighted by Gasteiger charge is -2.02. The number of rotatable bonds is 1. The molecule has 0 aromatic rings. The summed E-state index contributed by atoms with van der Waals surface area (Å²) in [7, 11) is 0. The maximum absolute atomic E-state index is 11.6. The summed E-state index contributed by atoms with van der Waals surface area (Å²) in [4.78, 5) is 4.52. The molecule has 0 N–H and O–H groups in total. The maximum atomic E-state index is 11.6. The Labute approximate surface area is 52.0 Å². The van der Waals surface area contributed by atoms with Crippen LogP contribution in [0.25, 0.3) is 0 Å². The molecule has 1 aliphatic rings. The second kappa shape index (κ2) is 2.31. The van der Waals surface area contributed by atoms with Crippen LogP contribution < -0.4 is 0 Å². The van der Waals surface area contributed by atoms with Crippen LogP contribution in [0.4, 0.5) is 4.39 Å². The highest BCUT2D eigenvalue weighted by molar-refractivity contribution is 6.22. The van der Waals surface area contributed by atoms with Gasteiger partial charge in [-0.3, -0.25) is 0 Å². The molecule has 0 amide bonds. The number of alkyl halides is 2. The van der Waals surface area contributed by atoms with Crippen molar-refractivity contribution in [3.8, 4) is 0 Å². The lowest BCUT2D eigenvalue weighted by molar-refractivity contribution is 0.334. The fourth-order valence-corrected chi connectivity index (χ4v) is 0.529. The molecule has 3 radical (unpaired) electrons. The first-order valence-corrected chi connectivity index (χ1v) is 2.46. The highest BCUT2D eigenvalue weighted by atomic mass is 35.5. The van der Waals surface area contributed by atoms with Crippen molar-refractivity contribution in [1.29, 1.82) is 0 Å². The Morgan fingerprint density at radius 3 is 2.88 bits per heavy atom. The third-order valence-electron chi connectivity index (χ3n) is 0.674. The lowest BCUT2D eigenvalue weighted by Crippen LogP contribution is -2.14. The van der Waals surface area contributed by atoms with Gasteiger partial charge in [-0.2, -0.15) is 0 Å². The molecule has 43 valence electrons. The van der Waals surface area contributed by atoms with Gasteiger partial charge in [-0.25, -0.2) is 9.38 Å². The van der Waals surface area contributed by atoms with Crippen LogP contribution in [0.1, 0.15) is 0 Å². The van der Waals surface area contributed by atoms with E-state index in [0.29, 0.717) is 0 Å².